The highest BCUT2D eigenvalue weighted by atomic mass is 35.5. The highest BCUT2D eigenvalue weighted by Gasteiger charge is 2.21. The summed E-state index contributed by atoms with van der Waals surface area (Å²) >= 11 is 13.7. The van der Waals surface area contributed by atoms with E-state index in [4.69, 9.17) is 32.9 Å². The van der Waals surface area contributed by atoms with E-state index in [1.165, 1.54) is 17.7 Å². The Morgan fingerprint density at radius 3 is 2.81 bits per heavy atom. The molecule has 6 heteroatoms. The molecule has 1 aromatic carbocycles. The molecule has 1 N–H and O–H groups in total. The van der Waals surface area contributed by atoms with Crippen LogP contribution in [0.3, 0.4) is 0 Å². The van der Waals surface area contributed by atoms with Gasteiger partial charge < -0.3 is 10.1 Å². The van der Waals surface area contributed by atoms with Crippen LogP contribution in [-0.4, -0.2) is 18.1 Å². The molecule has 3 rings (SSSR count). The molecule has 0 aliphatic heterocycles. The summed E-state index contributed by atoms with van der Waals surface area (Å²) in [5, 5.41) is 5.59. The van der Waals surface area contributed by atoms with Gasteiger partial charge in [-0.2, -0.15) is 0 Å². The SMILES string of the molecule is COCc1nc(-c2ccc(Cl)c(Cl)c2)sc1CNC1CC1. The highest BCUT2D eigenvalue weighted by molar-refractivity contribution is 7.15. The van der Waals surface area contributed by atoms with Gasteiger partial charge in [0.15, 0.2) is 0 Å². The summed E-state index contributed by atoms with van der Waals surface area (Å²) in [6.45, 7) is 1.38. The first kappa shape index (κ1) is 15.3. The second-order valence-electron chi connectivity index (χ2n) is 5.11. The molecule has 1 fully saturated rings. The van der Waals surface area contributed by atoms with Gasteiger partial charge in [-0.15, -0.1) is 11.3 Å². The molecule has 1 aromatic heterocycles. The van der Waals surface area contributed by atoms with Crippen molar-refractivity contribution in [3.05, 3.63) is 38.8 Å². The van der Waals surface area contributed by atoms with Crippen molar-refractivity contribution in [1.29, 1.82) is 0 Å². The first-order valence-electron chi connectivity index (χ1n) is 6.83. The van der Waals surface area contributed by atoms with E-state index in [0.29, 0.717) is 22.7 Å². The predicted octanol–water partition coefficient (Wildman–Crippen LogP) is 4.52. The van der Waals surface area contributed by atoms with Gasteiger partial charge in [0.2, 0.25) is 0 Å². The zero-order chi connectivity index (χ0) is 14.8. The van der Waals surface area contributed by atoms with Crippen LogP contribution in [0.25, 0.3) is 10.6 Å². The number of halogens is 2. The molecule has 2 aromatic rings. The highest BCUT2D eigenvalue weighted by Crippen LogP contribution is 2.33. The van der Waals surface area contributed by atoms with Gasteiger partial charge in [-0.3, -0.25) is 0 Å². The average molecular weight is 343 g/mol. The van der Waals surface area contributed by atoms with Crippen molar-refractivity contribution in [2.75, 3.05) is 7.11 Å². The van der Waals surface area contributed by atoms with Crippen LogP contribution in [0.15, 0.2) is 18.2 Å². The summed E-state index contributed by atoms with van der Waals surface area (Å²) in [6, 6.07) is 6.29. The van der Waals surface area contributed by atoms with E-state index in [-0.39, 0.29) is 0 Å². The summed E-state index contributed by atoms with van der Waals surface area (Å²) in [5.74, 6) is 0. The van der Waals surface area contributed by atoms with E-state index in [2.05, 4.69) is 5.32 Å². The lowest BCUT2D eigenvalue weighted by Gasteiger charge is -2.02. The Kier molecular flexibility index (Phi) is 4.82. The first-order valence-corrected chi connectivity index (χ1v) is 8.41. The fraction of sp³-hybridized carbons (Fsp3) is 0.400. The number of thiazole rings is 1. The van der Waals surface area contributed by atoms with Crippen molar-refractivity contribution < 1.29 is 4.74 Å². The van der Waals surface area contributed by atoms with Gasteiger partial charge in [0.1, 0.15) is 5.01 Å². The van der Waals surface area contributed by atoms with Gasteiger partial charge in [0.05, 0.1) is 22.3 Å². The average Bonchev–Trinajstić information content (AvgIpc) is 3.21. The molecule has 1 aliphatic rings. The standard InChI is InChI=1S/C15H16Cl2N2OS/c1-20-8-13-14(7-18-10-3-4-10)21-15(19-13)9-2-5-11(16)12(17)6-9/h2,5-6,10,18H,3-4,7-8H2,1H3. The van der Waals surface area contributed by atoms with E-state index in [9.17, 15) is 0 Å². The zero-order valence-corrected chi connectivity index (χ0v) is 14.0. The molecular weight excluding hydrogens is 327 g/mol. The third-order valence-electron chi connectivity index (χ3n) is 3.35. The van der Waals surface area contributed by atoms with Crippen LogP contribution < -0.4 is 5.32 Å². The molecule has 112 valence electrons. The Hall–Kier alpha value is -0.650. The predicted molar refractivity (Wildman–Crippen MR) is 88.1 cm³/mol. The van der Waals surface area contributed by atoms with Crippen molar-refractivity contribution in [3.63, 3.8) is 0 Å². The zero-order valence-electron chi connectivity index (χ0n) is 11.7. The normalized spacial score (nSPS) is 14.6. The molecule has 0 bridgehead atoms. The van der Waals surface area contributed by atoms with Gasteiger partial charge in [0, 0.05) is 30.1 Å². The Bertz CT molecular complexity index is 641. The van der Waals surface area contributed by atoms with Crippen LogP contribution in [0, 0.1) is 0 Å². The van der Waals surface area contributed by atoms with E-state index in [1.54, 1.807) is 24.5 Å². The van der Waals surface area contributed by atoms with Crippen LogP contribution in [0.5, 0.6) is 0 Å². The van der Waals surface area contributed by atoms with E-state index >= 15 is 0 Å². The maximum absolute atomic E-state index is 6.09. The van der Waals surface area contributed by atoms with E-state index in [0.717, 1.165) is 22.8 Å². The summed E-state index contributed by atoms with van der Waals surface area (Å²) in [5.41, 5.74) is 1.99. The first-order chi connectivity index (χ1) is 10.2. The lowest BCUT2D eigenvalue weighted by molar-refractivity contribution is 0.181. The molecule has 0 radical (unpaired) electrons. The van der Waals surface area contributed by atoms with Crippen LogP contribution in [0.2, 0.25) is 10.0 Å². The number of rotatable bonds is 6. The number of ether oxygens (including phenoxy) is 1. The molecule has 0 spiro atoms. The van der Waals surface area contributed by atoms with Crippen LogP contribution in [-0.2, 0) is 17.9 Å². The monoisotopic (exact) mass is 342 g/mol. The van der Waals surface area contributed by atoms with Crippen LogP contribution >= 0.6 is 34.5 Å². The minimum Gasteiger partial charge on any atom is -0.378 e. The van der Waals surface area contributed by atoms with Gasteiger partial charge in [-0.1, -0.05) is 29.3 Å². The molecule has 0 atom stereocenters. The number of hydrogen-bond acceptors (Lipinski definition) is 4. The van der Waals surface area contributed by atoms with E-state index < -0.39 is 0 Å². The number of aromatic nitrogens is 1. The van der Waals surface area contributed by atoms with Gasteiger partial charge in [-0.05, 0) is 25.0 Å². The molecule has 1 heterocycles. The van der Waals surface area contributed by atoms with Crippen molar-refractivity contribution >= 4 is 34.5 Å². The minimum absolute atomic E-state index is 0.527. The molecule has 0 unspecified atom stereocenters. The largest absolute Gasteiger partial charge is 0.378 e. The maximum Gasteiger partial charge on any atom is 0.124 e. The fourth-order valence-corrected chi connectivity index (χ4v) is 3.36. The van der Waals surface area contributed by atoms with Crippen molar-refractivity contribution in [1.82, 2.24) is 10.3 Å². The Labute approximate surface area is 138 Å². The molecule has 0 saturated heterocycles. The molecular formula is C15H16Cl2N2OS. The smallest absolute Gasteiger partial charge is 0.124 e. The Morgan fingerprint density at radius 2 is 2.14 bits per heavy atom. The summed E-state index contributed by atoms with van der Waals surface area (Å²) in [4.78, 5) is 5.92. The topological polar surface area (TPSA) is 34.1 Å². The summed E-state index contributed by atoms with van der Waals surface area (Å²) in [7, 11) is 1.69. The maximum atomic E-state index is 6.09. The summed E-state index contributed by atoms with van der Waals surface area (Å²) in [6.07, 6.45) is 2.55. The van der Waals surface area contributed by atoms with E-state index in [1.807, 2.05) is 12.1 Å². The number of nitrogens with one attached hydrogen (secondary N) is 1. The number of hydrogen-bond donors (Lipinski definition) is 1. The lowest BCUT2D eigenvalue weighted by atomic mass is 10.2. The van der Waals surface area contributed by atoms with Crippen molar-refractivity contribution in [3.8, 4) is 10.6 Å². The van der Waals surface area contributed by atoms with Crippen molar-refractivity contribution in [2.45, 2.75) is 32.0 Å². The van der Waals surface area contributed by atoms with Gasteiger partial charge >= 0.3 is 0 Å². The minimum atomic E-state index is 0.527. The number of nitrogens with zero attached hydrogens (tertiary/aromatic N) is 1. The lowest BCUT2D eigenvalue weighted by Crippen LogP contribution is -2.15. The summed E-state index contributed by atoms with van der Waals surface area (Å²) < 4.78 is 5.25. The third kappa shape index (κ3) is 3.76. The van der Waals surface area contributed by atoms with Gasteiger partial charge in [-0.25, -0.2) is 4.98 Å². The van der Waals surface area contributed by atoms with Crippen LogP contribution in [0.4, 0.5) is 0 Å². The Morgan fingerprint density at radius 1 is 1.33 bits per heavy atom. The quantitative estimate of drug-likeness (QED) is 0.838. The van der Waals surface area contributed by atoms with Crippen LogP contribution in [0.1, 0.15) is 23.4 Å². The van der Waals surface area contributed by atoms with Gasteiger partial charge in [0.25, 0.3) is 0 Å². The molecule has 1 saturated carbocycles. The molecule has 21 heavy (non-hydrogen) atoms. The Balaban J connectivity index is 1.86. The second kappa shape index (κ2) is 6.63. The fourth-order valence-electron chi connectivity index (χ4n) is 2.05. The van der Waals surface area contributed by atoms with Crippen molar-refractivity contribution in [2.24, 2.45) is 0 Å². The molecule has 1 aliphatic carbocycles. The molecule has 3 nitrogen and oxygen atoms in total. The molecule has 0 amide bonds. The number of methoxy groups -OCH3 is 1. The number of benzene rings is 1. The third-order valence-corrected chi connectivity index (χ3v) is 5.24. The second-order valence-corrected chi connectivity index (χ2v) is 7.00.